The molecule has 1 aromatic rings. The van der Waals surface area contributed by atoms with Crippen molar-refractivity contribution in [1.29, 1.82) is 0 Å². The largest absolute Gasteiger partial charge is 0.349 e. The van der Waals surface area contributed by atoms with E-state index in [0.29, 0.717) is 18.4 Å². The van der Waals surface area contributed by atoms with Crippen LogP contribution in [-0.4, -0.2) is 36.8 Å². The quantitative estimate of drug-likeness (QED) is 0.616. The molecule has 0 heterocycles. The van der Waals surface area contributed by atoms with Gasteiger partial charge in [0.25, 0.3) is 5.91 Å². The zero-order valence-electron chi connectivity index (χ0n) is 13.9. The molecule has 1 aromatic carbocycles. The van der Waals surface area contributed by atoms with Crippen LogP contribution < -0.4 is 5.48 Å². The number of hydroxylamine groups is 1. The smallest absolute Gasteiger partial charge is 0.331 e. The van der Waals surface area contributed by atoms with Gasteiger partial charge in [-0.1, -0.05) is 25.1 Å². The summed E-state index contributed by atoms with van der Waals surface area (Å²) in [6, 6.07) is 7.17. The topological polar surface area (TPSA) is 75.7 Å². The zero-order valence-corrected chi connectivity index (χ0v) is 13.9. The Balaban J connectivity index is 2.55. The SMILES string of the molecule is CCC(=O)ONC(=O)c1ccccc1CCCCC(=O)N(C)C. The number of unbranched alkanes of at least 4 members (excludes halogenated alkanes) is 1. The average Bonchev–Trinajstić information content (AvgIpc) is 2.56. The molecular formula is C17H24N2O4. The molecule has 0 aliphatic carbocycles. The fourth-order valence-corrected chi connectivity index (χ4v) is 2.01. The maximum Gasteiger partial charge on any atom is 0.331 e. The number of carbonyl (C=O) groups is 3. The molecule has 1 rings (SSSR count). The van der Waals surface area contributed by atoms with E-state index in [4.69, 9.17) is 0 Å². The first-order valence-electron chi connectivity index (χ1n) is 7.73. The van der Waals surface area contributed by atoms with Crippen LogP contribution in [0.1, 0.15) is 48.5 Å². The normalized spacial score (nSPS) is 10.0. The van der Waals surface area contributed by atoms with Gasteiger partial charge in [0.2, 0.25) is 5.91 Å². The number of benzene rings is 1. The van der Waals surface area contributed by atoms with Gasteiger partial charge in [-0.15, -0.1) is 0 Å². The first-order chi connectivity index (χ1) is 11.0. The van der Waals surface area contributed by atoms with Crippen LogP contribution >= 0.6 is 0 Å². The van der Waals surface area contributed by atoms with Crippen LogP contribution in [0.5, 0.6) is 0 Å². The molecule has 2 amide bonds. The van der Waals surface area contributed by atoms with Crippen LogP contribution in [-0.2, 0) is 20.8 Å². The van der Waals surface area contributed by atoms with Crippen molar-refractivity contribution < 1.29 is 19.2 Å². The molecule has 23 heavy (non-hydrogen) atoms. The maximum absolute atomic E-state index is 12.1. The number of amides is 2. The Morgan fingerprint density at radius 2 is 1.83 bits per heavy atom. The van der Waals surface area contributed by atoms with Crippen molar-refractivity contribution in [2.45, 2.75) is 39.0 Å². The number of nitrogens with zero attached hydrogens (tertiary/aromatic N) is 1. The standard InChI is InChI=1S/C17H24N2O4/c1-4-16(21)23-18-17(22)14-11-7-5-9-13(14)10-6-8-12-15(20)19(2)3/h5,7,9,11H,4,6,8,10,12H2,1-3H3,(H,18,22). The molecule has 0 aliphatic rings. The average molecular weight is 320 g/mol. The van der Waals surface area contributed by atoms with E-state index in [1.165, 1.54) is 0 Å². The molecule has 6 nitrogen and oxygen atoms in total. The lowest BCUT2D eigenvalue weighted by atomic mass is 10.0. The monoisotopic (exact) mass is 320 g/mol. The summed E-state index contributed by atoms with van der Waals surface area (Å²) in [7, 11) is 3.47. The molecule has 0 saturated heterocycles. The Morgan fingerprint density at radius 1 is 1.13 bits per heavy atom. The Hall–Kier alpha value is -2.37. The molecule has 0 bridgehead atoms. The van der Waals surface area contributed by atoms with Gasteiger partial charge >= 0.3 is 5.97 Å². The first-order valence-corrected chi connectivity index (χ1v) is 7.73. The highest BCUT2D eigenvalue weighted by molar-refractivity contribution is 5.95. The van der Waals surface area contributed by atoms with E-state index in [9.17, 15) is 14.4 Å². The molecule has 0 fully saturated rings. The Labute approximate surface area is 136 Å². The highest BCUT2D eigenvalue weighted by Crippen LogP contribution is 2.13. The van der Waals surface area contributed by atoms with E-state index >= 15 is 0 Å². The van der Waals surface area contributed by atoms with Gasteiger partial charge in [-0.05, 0) is 30.9 Å². The van der Waals surface area contributed by atoms with E-state index in [1.807, 2.05) is 12.1 Å². The highest BCUT2D eigenvalue weighted by Gasteiger charge is 2.12. The summed E-state index contributed by atoms with van der Waals surface area (Å²) in [4.78, 5) is 40.9. The minimum Gasteiger partial charge on any atom is -0.349 e. The summed E-state index contributed by atoms with van der Waals surface area (Å²) >= 11 is 0. The van der Waals surface area contributed by atoms with Gasteiger partial charge in [-0.2, -0.15) is 5.48 Å². The summed E-state index contributed by atoms with van der Waals surface area (Å²) in [5.41, 5.74) is 3.52. The third kappa shape index (κ3) is 6.50. The second-order valence-corrected chi connectivity index (χ2v) is 5.41. The number of nitrogens with one attached hydrogen (secondary N) is 1. The first kappa shape index (κ1) is 18.7. The molecule has 0 saturated carbocycles. The van der Waals surface area contributed by atoms with Crippen molar-refractivity contribution in [2.24, 2.45) is 0 Å². The van der Waals surface area contributed by atoms with Crippen molar-refractivity contribution >= 4 is 17.8 Å². The number of hydrogen-bond donors (Lipinski definition) is 1. The van der Waals surface area contributed by atoms with Gasteiger partial charge in [-0.25, -0.2) is 4.79 Å². The van der Waals surface area contributed by atoms with Gasteiger partial charge in [-0.3, -0.25) is 9.59 Å². The van der Waals surface area contributed by atoms with Crippen molar-refractivity contribution in [3.8, 4) is 0 Å². The fourth-order valence-electron chi connectivity index (χ4n) is 2.01. The predicted molar refractivity (Wildman–Crippen MR) is 86.5 cm³/mol. The number of rotatable bonds is 7. The highest BCUT2D eigenvalue weighted by atomic mass is 16.7. The molecule has 0 aromatic heterocycles. The molecule has 0 unspecified atom stereocenters. The van der Waals surface area contributed by atoms with E-state index < -0.39 is 11.9 Å². The Kier molecular flexibility index (Phi) is 7.80. The molecule has 1 N–H and O–H groups in total. The summed E-state index contributed by atoms with van der Waals surface area (Å²) in [6.45, 7) is 1.65. The van der Waals surface area contributed by atoms with Gasteiger partial charge in [0.05, 0.1) is 0 Å². The van der Waals surface area contributed by atoms with Crippen molar-refractivity contribution in [3.05, 3.63) is 35.4 Å². The molecule has 0 radical (unpaired) electrons. The molecule has 0 atom stereocenters. The third-order valence-corrected chi connectivity index (χ3v) is 3.39. The zero-order chi connectivity index (χ0) is 17.2. The fraction of sp³-hybridized carbons (Fsp3) is 0.471. The lowest BCUT2D eigenvalue weighted by Crippen LogP contribution is -2.27. The summed E-state index contributed by atoms with van der Waals surface area (Å²) in [6.07, 6.45) is 2.94. The van der Waals surface area contributed by atoms with Gasteiger partial charge < -0.3 is 9.74 Å². The van der Waals surface area contributed by atoms with Crippen molar-refractivity contribution in [2.75, 3.05) is 14.1 Å². The van der Waals surface area contributed by atoms with Crippen LogP contribution in [0.4, 0.5) is 0 Å². The minimum atomic E-state index is -0.488. The molecule has 126 valence electrons. The summed E-state index contributed by atoms with van der Waals surface area (Å²) in [5.74, 6) is -0.827. The van der Waals surface area contributed by atoms with Crippen LogP contribution in [0.25, 0.3) is 0 Å². The Bertz CT molecular complexity index is 555. The van der Waals surface area contributed by atoms with E-state index in [2.05, 4.69) is 10.3 Å². The lowest BCUT2D eigenvalue weighted by Gasteiger charge is -2.11. The van der Waals surface area contributed by atoms with E-state index in [-0.39, 0.29) is 12.3 Å². The molecule has 0 aliphatic heterocycles. The van der Waals surface area contributed by atoms with E-state index in [1.54, 1.807) is 38.1 Å². The molecular weight excluding hydrogens is 296 g/mol. The Morgan fingerprint density at radius 3 is 2.48 bits per heavy atom. The number of hydrogen-bond acceptors (Lipinski definition) is 4. The minimum absolute atomic E-state index is 0.0995. The van der Waals surface area contributed by atoms with E-state index in [0.717, 1.165) is 18.4 Å². The van der Waals surface area contributed by atoms with Crippen molar-refractivity contribution in [1.82, 2.24) is 10.4 Å². The second-order valence-electron chi connectivity index (χ2n) is 5.41. The van der Waals surface area contributed by atoms with Gasteiger partial charge in [0, 0.05) is 32.5 Å². The second kappa shape index (κ2) is 9.61. The number of aryl methyl sites for hydroxylation is 1. The number of carbonyl (C=O) groups excluding carboxylic acids is 3. The predicted octanol–water partition coefficient (Wildman–Crippen LogP) is 2.09. The summed E-state index contributed by atoms with van der Waals surface area (Å²) in [5, 5.41) is 0. The summed E-state index contributed by atoms with van der Waals surface area (Å²) < 4.78 is 0. The van der Waals surface area contributed by atoms with Crippen LogP contribution in [0.15, 0.2) is 24.3 Å². The maximum atomic E-state index is 12.1. The van der Waals surface area contributed by atoms with Crippen LogP contribution in [0.3, 0.4) is 0 Å². The van der Waals surface area contributed by atoms with Crippen molar-refractivity contribution in [3.63, 3.8) is 0 Å². The van der Waals surface area contributed by atoms with Crippen LogP contribution in [0, 0.1) is 0 Å². The lowest BCUT2D eigenvalue weighted by molar-refractivity contribution is -0.148. The third-order valence-electron chi connectivity index (χ3n) is 3.39. The molecule has 6 heteroatoms. The molecule has 0 spiro atoms. The van der Waals surface area contributed by atoms with Gasteiger partial charge in [0.1, 0.15) is 0 Å². The van der Waals surface area contributed by atoms with Gasteiger partial charge in [0.15, 0.2) is 0 Å². The van der Waals surface area contributed by atoms with Crippen LogP contribution in [0.2, 0.25) is 0 Å².